The molecule has 2 rings (SSSR count). The first kappa shape index (κ1) is 15.2. The summed E-state index contributed by atoms with van der Waals surface area (Å²) in [5.74, 6) is 0.761. The highest BCUT2D eigenvalue weighted by Crippen LogP contribution is 2.23. The smallest absolute Gasteiger partial charge is 0.195 e. The topological polar surface area (TPSA) is 62.4 Å². The van der Waals surface area contributed by atoms with Crippen molar-refractivity contribution in [1.82, 2.24) is 5.32 Å². The van der Waals surface area contributed by atoms with E-state index in [0.717, 1.165) is 24.7 Å². The molecular weight excluding hydrogens is 270 g/mol. The van der Waals surface area contributed by atoms with Gasteiger partial charge < -0.3 is 16.4 Å². The Morgan fingerprint density at radius 1 is 1.38 bits per heavy atom. The van der Waals surface area contributed by atoms with Crippen LogP contribution in [0.2, 0.25) is 5.02 Å². The zero-order chi connectivity index (χ0) is 9.97. The normalized spacial score (nSPS) is 12.9. The van der Waals surface area contributed by atoms with Crippen LogP contribution >= 0.6 is 36.4 Å². The fourth-order valence-corrected chi connectivity index (χ4v) is 1.48. The van der Waals surface area contributed by atoms with Crippen LogP contribution in [0.4, 0.5) is 11.4 Å². The first-order valence-electron chi connectivity index (χ1n) is 4.36. The van der Waals surface area contributed by atoms with Crippen LogP contribution in [0, 0.1) is 0 Å². The number of benzene rings is 1. The van der Waals surface area contributed by atoms with E-state index in [4.69, 9.17) is 17.3 Å². The van der Waals surface area contributed by atoms with Crippen LogP contribution in [-0.2, 0) is 0 Å². The standard InChI is InChI=1S/C9H11ClN4.2ClH/c10-7-5-6(11)1-2-8(7)14-9-12-3-4-13-9;;/h1-2,5H,3-4,11H2,(H2,12,13,14);2*1H. The van der Waals surface area contributed by atoms with Gasteiger partial charge in [0.15, 0.2) is 5.96 Å². The van der Waals surface area contributed by atoms with Gasteiger partial charge in [-0.25, -0.2) is 0 Å². The van der Waals surface area contributed by atoms with Crippen LogP contribution < -0.4 is 16.4 Å². The highest BCUT2D eigenvalue weighted by atomic mass is 35.5. The minimum absolute atomic E-state index is 0. The predicted octanol–water partition coefficient (Wildman–Crippen LogP) is 2.14. The van der Waals surface area contributed by atoms with Crippen molar-refractivity contribution in [3.63, 3.8) is 0 Å². The van der Waals surface area contributed by atoms with E-state index in [2.05, 4.69) is 15.6 Å². The first-order valence-corrected chi connectivity index (χ1v) is 4.74. The number of nitrogen functional groups attached to an aromatic ring is 1. The number of nitrogens with one attached hydrogen (secondary N) is 2. The number of guanidine groups is 1. The van der Waals surface area contributed by atoms with Crippen molar-refractivity contribution in [2.24, 2.45) is 4.99 Å². The second-order valence-electron chi connectivity index (χ2n) is 3.02. The zero-order valence-corrected chi connectivity index (χ0v) is 10.8. The molecule has 0 atom stereocenters. The molecule has 1 aromatic carbocycles. The Morgan fingerprint density at radius 2 is 2.12 bits per heavy atom. The van der Waals surface area contributed by atoms with Gasteiger partial charge in [-0.2, -0.15) is 0 Å². The van der Waals surface area contributed by atoms with Gasteiger partial charge in [0.05, 0.1) is 17.3 Å². The van der Waals surface area contributed by atoms with Gasteiger partial charge in [0, 0.05) is 12.2 Å². The number of aliphatic imine (C=N–C) groups is 1. The number of nitrogens with two attached hydrogens (primary N) is 1. The van der Waals surface area contributed by atoms with Crippen LogP contribution in [0.25, 0.3) is 0 Å². The fraction of sp³-hybridized carbons (Fsp3) is 0.222. The molecule has 0 unspecified atom stereocenters. The molecule has 0 saturated carbocycles. The Balaban J connectivity index is 0.00000112. The summed E-state index contributed by atoms with van der Waals surface area (Å²) in [4.78, 5) is 4.20. The molecule has 0 aromatic heterocycles. The lowest BCUT2D eigenvalue weighted by molar-refractivity contribution is 0.959. The maximum atomic E-state index is 5.98. The molecule has 1 aromatic rings. The lowest BCUT2D eigenvalue weighted by Gasteiger charge is -2.08. The molecule has 0 radical (unpaired) electrons. The zero-order valence-electron chi connectivity index (χ0n) is 8.37. The van der Waals surface area contributed by atoms with Crippen molar-refractivity contribution in [3.8, 4) is 0 Å². The van der Waals surface area contributed by atoms with Crippen LogP contribution in [0.5, 0.6) is 0 Å². The number of anilines is 2. The SMILES string of the molecule is Cl.Cl.Nc1ccc(NC2=NCCN2)c(Cl)c1. The average Bonchev–Trinajstić information content (AvgIpc) is 2.62. The van der Waals surface area contributed by atoms with Crippen LogP contribution in [-0.4, -0.2) is 19.0 Å². The molecule has 1 aliphatic heterocycles. The van der Waals surface area contributed by atoms with Gasteiger partial charge in [0.2, 0.25) is 0 Å². The summed E-state index contributed by atoms with van der Waals surface area (Å²) in [6, 6.07) is 5.34. The van der Waals surface area contributed by atoms with Crippen molar-refractivity contribution < 1.29 is 0 Å². The van der Waals surface area contributed by atoms with E-state index in [9.17, 15) is 0 Å². The van der Waals surface area contributed by atoms with Crippen LogP contribution in [0.15, 0.2) is 23.2 Å². The summed E-state index contributed by atoms with van der Waals surface area (Å²) in [6.07, 6.45) is 0. The molecule has 4 nitrogen and oxygen atoms in total. The quantitative estimate of drug-likeness (QED) is 0.692. The molecule has 0 spiro atoms. The highest BCUT2D eigenvalue weighted by molar-refractivity contribution is 6.34. The third kappa shape index (κ3) is 3.63. The van der Waals surface area contributed by atoms with Crippen LogP contribution in [0.3, 0.4) is 0 Å². The average molecular weight is 284 g/mol. The number of rotatable bonds is 1. The summed E-state index contributed by atoms with van der Waals surface area (Å²) >= 11 is 5.98. The molecule has 1 aliphatic rings. The number of hydrogen-bond acceptors (Lipinski definition) is 4. The Hall–Kier alpha value is -0.840. The van der Waals surface area contributed by atoms with E-state index >= 15 is 0 Å². The molecule has 0 bridgehead atoms. The summed E-state index contributed by atoms with van der Waals surface area (Å²) in [7, 11) is 0. The van der Waals surface area contributed by atoms with E-state index in [-0.39, 0.29) is 24.8 Å². The number of halogens is 3. The van der Waals surface area contributed by atoms with E-state index in [1.165, 1.54) is 0 Å². The first-order chi connectivity index (χ1) is 6.75. The number of nitrogens with zero attached hydrogens (tertiary/aromatic N) is 1. The number of hydrogen-bond donors (Lipinski definition) is 3. The maximum Gasteiger partial charge on any atom is 0.195 e. The molecule has 4 N–H and O–H groups in total. The van der Waals surface area contributed by atoms with Gasteiger partial charge in [-0.1, -0.05) is 11.6 Å². The van der Waals surface area contributed by atoms with Crippen molar-refractivity contribution in [2.75, 3.05) is 24.1 Å². The van der Waals surface area contributed by atoms with Crippen molar-refractivity contribution in [2.45, 2.75) is 0 Å². The largest absolute Gasteiger partial charge is 0.399 e. The van der Waals surface area contributed by atoms with E-state index < -0.39 is 0 Å². The molecule has 16 heavy (non-hydrogen) atoms. The highest BCUT2D eigenvalue weighted by Gasteiger charge is 2.07. The van der Waals surface area contributed by atoms with Gasteiger partial charge >= 0.3 is 0 Å². The summed E-state index contributed by atoms with van der Waals surface area (Å²) in [5.41, 5.74) is 7.05. The monoisotopic (exact) mass is 282 g/mol. The third-order valence-electron chi connectivity index (χ3n) is 1.92. The Kier molecular flexibility index (Phi) is 6.33. The molecule has 90 valence electrons. The maximum absolute atomic E-state index is 5.98. The van der Waals surface area contributed by atoms with E-state index in [1.807, 2.05) is 6.07 Å². The van der Waals surface area contributed by atoms with Gasteiger partial charge in [0.25, 0.3) is 0 Å². The lowest BCUT2D eigenvalue weighted by atomic mass is 10.3. The lowest BCUT2D eigenvalue weighted by Crippen LogP contribution is -2.26. The Bertz CT molecular complexity index is 381. The second kappa shape index (κ2) is 6.68. The molecule has 0 saturated heterocycles. The molecule has 0 amide bonds. The summed E-state index contributed by atoms with van der Waals surface area (Å²) in [6.45, 7) is 1.67. The molecule has 0 fully saturated rings. The van der Waals surface area contributed by atoms with Crippen molar-refractivity contribution >= 4 is 53.7 Å². The second-order valence-corrected chi connectivity index (χ2v) is 3.43. The summed E-state index contributed by atoms with van der Waals surface area (Å²) in [5, 5.41) is 6.78. The fourth-order valence-electron chi connectivity index (χ4n) is 1.24. The summed E-state index contributed by atoms with van der Waals surface area (Å²) < 4.78 is 0. The van der Waals surface area contributed by atoms with Crippen LogP contribution in [0.1, 0.15) is 0 Å². The van der Waals surface area contributed by atoms with Gasteiger partial charge in [-0.15, -0.1) is 24.8 Å². The molecular formula is C9H13Cl3N4. The predicted molar refractivity (Wildman–Crippen MR) is 74.3 cm³/mol. The minimum atomic E-state index is 0. The Labute approximate surface area is 111 Å². The third-order valence-corrected chi connectivity index (χ3v) is 2.23. The van der Waals surface area contributed by atoms with E-state index in [1.54, 1.807) is 12.1 Å². The van der Waals surface area contributed by atoms with Gasteiger partial charge in [-0.3, -0.25) is 4.99 Å². The van der Waals surface area contributed by atoms with Crippen molar-refractivity contribution in [1.29, 1.82) is 0 Å². The minimum Gasteiger partial charge on any atom is -0.399 e. The van der Waals surface area contributed by atoms with Gasteiger partial charge in [0.1, 0.15) is 0 Å². The van der Waals surface area contributed by atoms with Crippen molar-refractivity contribution in [3.05, 3.63) is 23.2 Å². The van der Waals surface area contributed by atoms with Gasteiger partial charge in [-0.05, 0) is 18.2 Å². The van der Waals surface area contributed by atoms with E-state index in [0.29, 0.717) is 10.7 Å². The molecule has 7 heteroatoms. The molecule has 1 heterocycles. The molecule has 0 aliphatic carbocycles. The Morgan fingerprint density at radius 3 is 2.69 bits per heavy atom.